The number of hydrogen-bond acceptors (Lipinski definition) is 2. The lowest BCUT2D eigenvalue weighted by molar-refractivity contribution is -0.115. The average Bonchev–Trinajstić information content (AvgIpc) is 2.61. The van der Waals surface area contributed by atoms with Gasteiger partial charge in [-0.1, -0.05) is 93.7 Å². The molecule has 0 saturated heterocycles. The van der Waals surface area contributed by atoms with E-state index in [2.05, 4.69) is 52.0 Å². The molecule has 0 aliphatic carbocycles. The Bertz CT molecular complexity index is 812. The molecule has 28 heavy (non-hydrogen) atoms. The molecule has 1 nitrogen and oxygen atoms in total. The highest BCUT2D eigenvalue weighted by Crippen LogP contribution is 2.30. The molecule has 0 radical (unpaired) electrons. The monoisotopic (exact) mass is 392 g/mol. The van der Waals surface area contributed by atoms with E-state index < -0.39 is 0 Å². The molecule has 0 heterocycles. The van der Waals surface area contributed by atoms with Crippen molar-refractivity contribution in [3.8, 4) is 0 Å². The maximum absolute atomic E-state index is 12.6. The zero-order valence-electron chi connectivity index (χ0n) is 17.6. The number of hydrogen-bond donors (Lipinski definition) is 0. The van der Waals surface area contributed by atoms with Crippen molar-refractivity contribution in [1.29, 1.82) is 0 Å². The van der Waals surface area contributed by atoms with Gasteiger partial charge in [0.1, 0.15) is 0 Å². The summed E-state index contributed by atoms with van der Waals surface area (Å²) in [6.45, 7) is 8.82. The third-order valence-corrected chi connectivity index (χ3v) is 5.13. The molecule has 0 saturated carbocycles. The Balaban J connectivity index is 2.00. The highest BCUT2D eigenvalue weighted by Gasteiger charge is 2.22. The molecule has 0 aromatic heterocycles. The van der Waals surface area contributed by atoms with Gasteiger partial charge < -0.3 is 0 Å². The van der Waals surface area contributed by atoms with Crippen LogP contribution in [0.15, 0.2) is 60.7 Å². The molecule has 0 N–H and O–H groups in total. The van der Waals surface area contributed by atoms with E-state index in [1.807, 2.05) is 36.4 Å². The fourth-order valence-corrected chi connectivity index (χ4v) is 3.99. The summed E-state index contributed by atoms with van der Waals surface area (Å²) in [5.74, 6) is 0.459. The number of allylic oxidation sites excluding steroid dienone is 1. The molecule has 1 atom stereocenters. The zero-order chi connectivity index (χ0) is 20.6. The second kappa shape index (κ2) is 10.5. The largest absolute Gasteiger partial charge is 0.295 e. The summed E-state index contributed by atoms with van der Waals surface area (Å²) < 4.78 is 0. The van der Waals surface area contributed by atoms with Crippen LogP contribution in [-0.4, -0.2) is 10.6 Å². The molecule has 2 aromatic carbocycles. The first kappa shape index (κ1) is 22.2. The van der Waals surface area contributed by atoms with Crippen molar-refractivity contribution >= 4 is 28.9 Å². The van der Waals surface area contributed by atoms with Crippen LogP contribution in [0.3, 0.4) is 0 Å². The minimum absolute atomic E-state index is 0.173. The number of aryl methyl sites for hydroxylation is 1. The van der Waals surface area contributed by atoms with Gasteiger partial charge in [0.15, 0.2) is 5.78 Å². The van der Waals surface area contributed by atoms with Gasteiger partial charge in [0, 0.05) is 12.8 Å². The Kier molecular flexibility index (Phi) is 8.32. The molecule has 0 amide bonds. The van der Waals surface area contributed by atoms with Crippen LogP contribution in [0.1, 0.15) is 56.7 Å². The van der Waals surface area contributed by atoms with Gasteiger partial charge in [-0.2, -0.15) is 0 Å². The molecule has 2 aromatic rings. The van der Waals surface area contributed by atoms with E-state index in [9.17, 15) is 4.79 Å². The quantitative estimate of drug-likeness (QED) is 0.337. The van der Waals surface area contributed by atoms with E-state index in [1.165, 1.54) is 11.1 Å². The first-order valence-electron chi connectivity index (χ1n) is 10.0. The summed E-state index contributed by atoms with van der Waals surface area (Å²) in [6.07, 6.45) is 6.81. The fraction of sp³-hybridized carbons (Fsp3) is 0.385. The normalized spacial score (nSPS) is 12.9. The second-order valence-corrected chi connectivity index (χ2v) is 9.47. The summed E-state index contributed by atoms with van der Waals surface area (Å²) in [5.41, 5.74) is 3.79. The first-order chi connectivity index (χ1) is 13.2. The van der Waals surface area contributed by atoms with Crippen molar-refractivity contribution in [1.82, 2.24) is 0 Å². The molecule has 0 aliphatic heterocycles. The van der Waals surface area contributed by atoms with Crippen molar-refractivity contribution < 1.29 is 4.79 Å². The van der Waals surface area contributed by atoms with Crippen molar-refractivity contribution in [3.63, 3.8) is 0 Å². The lowest BCUT2D eigenvalue weighted by atomic mass is 9.80. The molecular weight excluding hydrogens is 360 g/mol. The van der Waals surface area contributed by atoms with Crippen LogP contribution in [0.25, 0.3) is 6.08 Å². The van der Waals surface area contributed by atoms with Gasteiger partial charge in [-0.3, -0.25) is 4.79 Å². The van der Waals surface area contributed by atoms with Crippen LogP contribution in [-0.2, 0) is 11.2 Å². The van der Waals surface area contributed by atoms with Crippen molar-refractivity contribution in [2.24, 2.45) is 11.3 Å². The fourth-order valence-electron chi connectivity index (χ4n) is 3.60. The molecule has 0 spiro atoms. The van der Waals surface area contributed by atoms with Gasteiger partial charge in [0.05, 0.1) is 0 Å². The summed E-state index contributed by atoms with van der Waals surface area (Å²) in [6, 6.07) is 18.4. The molecule has 2 rings (SSSR count). The van der Waals surface area contributed by atoms with E-state index in [-0.39, 0.29) is 17.1 Å². The third-order valence-electron chi connectivity index (χ3n) is 4.82. The Morgan fingerprint density at radius 1 is 1.00 bits per heavy atom. The molecule has 148 valence electrons. The third kappa shape index (κ3) is 8.31. The van der Waals surface area contributed by atoms with Gasteiger partial charge in [0.25, 0.3) is 0 Å². The summed E-state index contributed by atoms with van der Waals surface area (Å²) in [7, 11) is 0. The highest BCUT2D eigenvalue weighted by atomic mass is 32.1. The van der Waals surface area contributed by atoms with Crippen LogP contribution in [0.4, 0.5) is 0 Å². The van der Waals surface area contributed by atoms with E-state index in [1.54, 1.807) is 6.08 Å². The first-order valence-corrected chi connectivity index (χ1v) is 10.5. The number of benzene rings is 2. The number of ketones is 1. The zero-order valence-corrected chi connectivity index (χ0v) is 18.4. The van der Waals surface area contributed by atoms with Crippen LogP contribution in [0, 0.1) is 18.3 Å². The molecule has 0 aliphatic rings. The van der Waals surface area contributed by atoms with Crippen LogP contribution < -0.4 is 0 Å². The van der Waals surface area contributed by atoms with Crippen LogP contribution >= 0.6 is 12.2 Å². The summed E-state index contributed by atoms with van der Waals surface area (Å²) in [4.78, 5) is 13.6. The molecule has 1 unspecified atom stereocenters. The molecule has 0 bridgehead atoms. The van der Waals surface area contributed by atoms with E-state index >= 15 is 0 Å². The molecule has 0 fully saturated rings. The van der Waals surface area contributed by atoms with Crippen molar-refractivity contribution in [2.75, 3.05) is 0 Å². The Morgan fingerprint density at radius 2 is 1.64 bits per heavy atom. The SMILES string of the molecule is Cc1ccccc1CC(=S)CC(CC(=O)/C=C/c1ccccc1)CC(C)(C)C. The Hall–Kier alpha value is -2.06. The van der Waals surface area contributed by atoms with Crippen LogP contribution in [0.2, 0.25) is 0 Å². The Labute approximate surface area is 175 Å². The lowest BCUT2D eigenvalue weighted by Gasteiger charge is -2.26. The van der Waals surface area contributed by atoms with E-state index in [4.69, 9.17) is 12.2 Å². The van der Waals surface area contributed by atoms with Gasteiger partial charge in [-0.25, -0.2) is 0 Å². The standard InChI is InChI=1S/C26H32OS/c1-20-10-8-9-13-23(20)18-25(28)17-22(19-26(2,3)4)16-24(27)15-14-21-11-6-5-7-12-21/h5-15,22H,16-19H2,1-4H3/b15-14+. The topological polar surface area (TPSA) is 17.1 Å². The van der Waals surface area contributed by atoms with Gasteiger partial charge >= 0.3 is 0 Å². The minimum atomic E-state index is 0.173. The summed E-state index contributed by atoms with van der Waals surface area (Å²) in [5, 5.41) is 0. The van der Waals surface area contributed by atoms with Crippen molar-refractivity contribution in [2.45, 2.75) is 53.4 Å². The molecular formula is C26H32OS. The van der Waals surface area contributed by atoms with E-state index in [0.29, 0.717) is 6.42 Å². The molecule has 2 heteroatoms. The van der Waals surface area contributed by atoms with Gasteiger partial charge in [-0.05, 0) is 58.7 Å². The number of thiocarbonyl (C=S) groups is 1. The predicted molar refractivity (Wildman–Crippen MR) is 125 cm³/mol. The average molecular weight is 393 g/mol. The van der Waals surface area contributed by atoms with Crippen LogP contribution in [0.5, 0.6) is 0 Å². The maximum atomic E-state index is 12.6. The number of carbonyl (C=O) groups excluding carboxylic acids is 1. The maximum Gasteiger partial charge on any atom is 0.155 e. The number of rotatable bonds is 9. The highest BCUT2D eigenvalue weighted by molar-refractivity contribution is 7.80. The van der Waals surface area contributed by atoms with Gasteiger partial charge in [-0.15, -0.1) is 0 Å². The minimum Gasteiger partial charge on any atom is -0.295 e. The Morgan fingerprint density at radius 3 is 2.29 bits per heavy atom. The smallest absolute Gasteiger partial charge is 0.155 e. The lowest BCUT2D eigenvalue weighted by Crippen LogP contribution is -2.19. The summed E-state index contributed by atoms with van der Waals surface area (Å²) >= 11 is 5.73. The van der Waals surface area contributed by atoms with E-state index in [0.717, 1.165) is 29.7 Å². The second-order valence-electron chi connectivity index (χ2n) is 8.89. The van der Waals surface area contributed by atoms with Gasteiger partial charge in [0.2, 0.25) is 0 Å². The number of carbonyl (C=O) groups is 1. The van der Waals surface area contributed by atoms with Crippen molar-refractivity contribution in [3.05, 3.63) is 77.4 Å². The predicted octanol–water partition coefficient (Wildman–Crippen LogP) is 7.02.